The zero-order chi connectivity index (χ0) is 9.82. The Labute approximate surface area is 76.3 Å². The molecule has 12 heavy (non-hydrogen) atoms. The summed E-state index contributed by atoms with van der Waals surface area (Å²) in [5.41, 5.74) is 0. The van der Waals surface area contributed by atoms with Crippen LogP contribution < -0.4 is 0 Å². The van der Waals surface area contributed by atoms with Crippen LogP contribution in [0.5, 0.6) is 0 Å². The number of carbonyl (C=O) groups excluding carboxylic acids is 1. The number of rotatable bonds is 4. The standard InChI is InChI=1S/C6H12O2.C4H10/c1-3-4-5-8-6(2)7;1-3-4-2/h3-5H2,1-2H3;3-4H2,1-2H3. The smallest absolute Gasteiger partial charge is 0.302 e. The lowest BCUT2D eigenvalue weighted by molar-refractivity contribution is -0.141. The molecule has 74 valence electrons. The van der Waals surface area contributed by atoms with E-state index in [9.17, 15) is 4.79 Å². The van der Waals surface area contributed by atoms with E-state index in [1.807, 2.05) is 0 Å². The Morgan fingerprint density at radius 3 is 1.83 bits per heavy atom. The van der Waals surface area contributed by atoms with Gasteiger partial charge >= 0.3 is 5.97 Å². The average molecular weight is 174 g/mol. The van der Waals surface area contributed by atoms with Crippen LogP contribution in [0.4, 0.5) is 0 Å². The second kappa shape index (κ2) is 13.1. The van der Waals surface area contributed by atoms with Gasteiger partial charge in [0.15, 0.2) is 0 Å². The van der Waals surface area contributed by atoms with Gasteiger partial charge in [-0.2, -0.15) is 0 Å². The van der Waals surface area contributed by atoms with Gasteiger partial charge in [-0.1, -0.05) is 40.0 Å². The second-order valence-electron chi connectivity index (χ2n) is 2.69. The van der Waals surface area contributed by atoms with E-state index in [0.717, 1.165) is 12.8 Å². The maximum absolute atomic E-state index is 10.1. The Hall–Kier alpha value is -0.530. The number of esters is 1. The predicted octanol–water partition coefficient (Wildman–Crippen LogP) is 3.16. The molecular weight excluding hydrogens is 152 g/mol. The molecule has 0 aliphatic carbocycles. The van der Waals surface area contributed by atoms with Crippen molar-refractivity contribution < 1.29 is 9.53 Å². The van der Waals surface area contributed by atoms with Gasteiger partial charge < -0.3 is 4.74 Å². The highest BCUT2D eigenvalue weighted by molar-refractivity contribution is 5.65. The summed E-state index contributed by atoms with van der Waals surface area (Å²) < 4.78 is 4.64. The van der Waals surface area contributed by atoms with Gasteiger partial charge in [0, 0.05) is 6.92 Å². The van der Waals surface area contributed by atoms with Crippen LogP contribution in [0.2, 0.25) is 0 Å². The summed E-state index contributed by atoms with van der Waals surface area (Å²) in [7, 11) is 0. The predicted molar refractivity (Wildman–Crippen MR) is 52.1 cm³/mol. The second-order valence-corrected chi connectivity index (χ2v) is 2.69. The number of unbranched alkanes of at least 4 members (excludes halogenated alkanes) is 2. The molecule has 0 saturated heterocycles. The van der Waals surface area contributed by atoms with E-state index in [1.165, 1.54) is 19.8 Å². The topological polar surface area (TPSA) is 26.3 Å². The Morgan fingerprint density at radius 1 is 1.08 bits per heavy atom. The van der Waals surface area contributed by atoms with E-state index in [1.54, 1.807) is 0 Å². The van der Waals surface area contributed by atoms with Crippen molar-refractivity contribution in [3.8, 4) is 0 Å². The summed E-state index contributed by atoms with van der Waals surface area (Å²) in [5.74, 6) is -0.182. The SMILES string of the molecule is CCCC.CCCCOC(C)=O. The van der Waals surface area contributed by atoms with Gasteiger partial charge in [-0.3, -0.25) is 4.79 Å². The molecule has 0 saturated carbocycles. The quantitative estimate of drug-likeness (QED) is 0.483. The molecule has 0 unspecified atom stereocenters. The van der Waals surface area contributed by atoms with Crippen LogP contribution in [0, 0.1) is 0 Å². The van der Waals surface area contributed by atoms with Crippen LogP contribution in [-0.4, -0.2) is 12.6 Å². The summed E-state index contributed by atoms with van der Waals surface area (Å²) in [4.78, 5) is 10.1. The zero-order valence-corrected chi connectivity index (χ0v) is 8.85. The Morgan fingerprint density at radius 2 is 1.58 bits per heavy atom. The highest BCUT2D eigenvalue weighted by Crippen LogP contribution is 1.86. The fourth-order valence-corrected chi connectivity index (χ4v) is 0.360. The molecule has 2 heteroatoms. The summed E-state index contributed by atoms with van der Waals surface area (Å²) >= 11 is 0. The van der Waals surface area contributed by atoms with E-state index in [4.69, 9.17) is 0 Å². The molecule has 0 amide bonds. The molecule has 0 aromatic carbocycles. The van der Waals surface area contributed by atoms with E-state index in [2.05, 4.69) is 25.5 Å². The fraction of sp³-hybridized carbons (Fsp3) is 0.900. The molecule has 0 bridgehead atoms. The molecule has 0 N–H and O–H groups in total. The van der Waals surface area contributed by atoms with E-state index >= 15 is 0 Å². The van der Waals surface area contributed by atoms with Gasteiger partial charge in [-0.15, -0.1) is 0 Å². The number of hydrogen-bond donors (Lipinski definition) is 0. The van der Waals surface area contributed by atoms with Crippen molar-refractivity contribution >= 4 is 5.97 Å². The van der Waals surface area contributed by atoms with Gasteiger partial charge in [-0.05, 0) is 6.42 Å². The van der Waals surface area contributed by atoms with Gasteiger partial charge in [0.25, 0.3) is 0 Å². The normalized spacial score (nSPS) is 8.33. The van der Waals surface area contributed by atoms with Gasteiger partial charge in [0.2, 0.25) is 0 Å². The third-order valence-electron chi connectivity index (χ3n) is 1.30. The maximum Gasteiger partial charge on any atom is 0.302 e. The molecule has 0 fully saturated rings. The number of ether oxygens (including phenoxy) is 1. The largest absolute Gasteiger partial charge is 0.466 e. The first-order valence-corrected chi connectivity index (χ1v) is 4.82. The molecule has 0 aliphatic rings. The van der Waals surface area contributed by atoms with Crippen molar-refractivity contribution in [2.75, 3.05) is 6.61 Å². The van der Waals surface area contributed by atoms with Crippen molar-refractivity contribution in [2.45, 2.75) is 53.4 Å². The number of carbonyl (C=O) groups is 1. The molecule has 0 radical (unpaired) electrons. The van der Waals surface area contributed by atoms with Crippen LogP contribution in [0.15, 0.2) is 0 Å². The Bertz CT molecular complexity index is 87.8. The van der Waals surface area contributed by atoms with Gasteiger partial charge in [0.05, 0.1) is 6.61 Å². The summed E-state index contributed by atoms with van der Waals surface area (Å²) in [6, 6.07) is 0. The first-order chi connectivity index (χ1) is 5.68. The van der Waals surface area contributed by atoms with Crippen molar-refractivity contribution in [1.82, 2.24) is 0 Å². The lowest BCUT2D eigenvalue weighted by Crippen LogP contribution is -1.99. The van der Waals surface area contributed by atoms with Crippen molar-refractivity contribution in [2.24, 2.45) is 0 Å². The lowest BCUT2D eigenvalue weighted by atomic mass is 10.4. The van der Waals surface area contributed by atoms with Gasteiger partial charge in [0.1, 0.15) is 0 Å². The molecule has 0 aliphatic heterocycles. The summed E-state index contributed by atoms with van der Waals surface area (Å²) in [5, 5.41) is 0. The van der Waals surface area contributed by atoms with E-state index in [0.29, 0.717) is 6.61 Å². The molecule has 2 nitrogen and oxygen atoms in total. The minimum Gasteiger partial charge on any atom is -0.466 e. The first-order valence-electron chi connectivity index (χ1n) is 4.82. The third kappa shape index (κ3) is 22.7. The van der Waals surface area contributed by atoms with Gasteiger partial charge in [-0.25, -0.2) is 0 Å². The van der Waals surface area contributed by atoms with Crippen molar-refractivity contribution in [3.05, 3.63) is 0 Å². The van der Waals surface area contributed by atoms with Crippen LogP contribution in [-0.2, 0) is 9.53 Å². The molecule has 0 spiro atoms. The average Bonchev–Trinajstić information content (AvgIpc) is 2.05. The van der Waals surface area contributed by atoms with Crippen LogP contribution in [0.3, 0.4) is 0 Å². The summed E-state index contributed by atoms with van der Waals surface area (Å²) in [6.07, 6.45) is 4.69. The van der Waals surface area contributed by atoms with Crippen molar-refractivity contribution in [1.29, 1.82) is 0 Å². The lowest BCUT2D eigenvalue weighted by Gasteiger charge is -1.96. The molecule has 0 aromatic heterocycles. The highest BCUT2D eigenvalue weighted by atomic mass is 16.5. The first kappa shape index (κ1) is 14.0. The van der Waals surface area contributed by atoms with Crippen LogP contribution in [0.1, 0.15) is 53.4 Å². The molecule has 0 rings (SSSR count). The zero-order valence-electron chi connectivity index (χ0n) is 8.85. The van der Waals surface area contributed by atoms with Crippen LogP contribution >= 0.6 is 0 Å². The van der Waals surface area contributed by atoms with Crippen LogP contribution in [0.25, 0.3) is 0 Å². The minimum atomic E-state index is -0.182. The Balaban J connectivity index is 0. The third-order valence-corrected chi connectivity index (χ3v) is 1.30. The Kier molecular flexibility index (Phi) is 15.3. The fourth-order valence-electron chi connectivity index (χ4n) is 0.360. The summed E-state index contributed by atoms with van der Waals surface area (Å²) in [6.45, 7) is 8.42. The number of hydrogen-bond acceptors (Lipinski definition) is 2. The van der Waals surface area contributed by atoms with E-state index in [-0.39, 0.29) is 5.97 Å². The maximum atomic E-state index is 10.1. The molecular formula is C10H22O2. The van der Waals surface area contributed by atoms with E-state index < -0.39 is 0 Å². The molecule has 0 aromatic rings. The molecule has 0 heterocycles. The molecule has 0 atom stereocenters. The van der Waals surface area contributed by atoms with Crippen molar-refractivity contribution in [3.63, 3.8) is 0 Å². The highest BCUT2D eigenvalue weighted by Gasteiger charge is 1.88. The monoisotopic (exact) mass is 174 g/mol. The minimum absolute atomic E-state index is 0.182.